The van der Waals surface area contributed by atoms with Crippen LogP contribution in [0.4, 0.5) is 5.69 Å². The Hall–Kier alpha value is -1.81. The number of nitrogens with zero attached hydrogens (tertiary/aromatic N) is 2. The Kier molecular flexibility index (Phi) is 7.06. The first-order chi connectivity index (χ1) is 11.9. The second-order valence-corrected chi connectivity index (χ2v) is 7.79. The highest BCUT2D eigenvalue weighted by Crippen LogP contribution is 2.26. The lowest BCUT2D eigenvalue weighted by Gasteiger charge is -2.29. The molecule has 1 aromatic carbocycles. The van der Waals surface area contributed by atoms with E-state index in [2.05, 4.69) is 55.9 Å². The molecular weight excluding hydrogens is 310 g/mol. The Balaban J connectivity index is 2.13. The van der Waals surface area contributed by atoms with Crippen LogP contribution in [0.2, 0.25) is 0 Å². The van der Waals surface area contributed by atoms with E-state index in [0.29, 0.717) is 17.9 Å². The van der Waals surface area contributed by atoms with Crippen LogP contribution in [0.5, 0.6) is 5.75 Å². The van der Waals surface area contributed by atoms with Crippen molar-refractivity contribution in [3.8, 4) is 5.75 Å². The van der Waals surface area contributed by atoms with Crippen LogP contribution in [-0.2, 0) is 0 Å². The lowest BCUT2D eigenvalue weighted by atomic mass is 10.1. The van der Waals surface area contributed by atoms with E-state index in [4.69, 9.17) is 4.74 Å². The molecule has 0 amide bonds. The van der Waals surface area contributed by atoms with Crippen LogP contribution < -0.4 is 10.1 Å². The molecule has 1 atom stereocenters. The molecule has 0 aliphatic heterocycles. The zero-order chi connectivity index (χ0) is 18.4. The van der Waals surface area contributed by atoms with Gasteiger partial charge in [0.2, 0.25) is 0 Å². The quantitative estimate of drug-likeness (QED) is 0.719. The number of rotatable bonds is 9. The van der Waals surface area contributed by atoms with Crippen molar-refractivity contribution < 1.29 is 4.74 Å². The van der Waals surface area contributed by atoms with Crippen molar-refractivity contribution in [2.24, 2.45) is 11.8 Å². The second kappa shape index (κ2) is 9.04. The monoisotopic (exact) mass is 343 g/mol. The van der Waals surface area contributed by atoms with Gasteiger partial charge in [-0.25, -0.2) is 0 Å². The highest BCUT2D eigenvalue weighted by Gasteiger charge is 2.14. The highest BCUT2D eigenvalue weighted by molar-refractivity contribution is 5.92. The number of nitrogens with one attached hydrogen (secondary N) is 1. The van der Waals surface area contributed by atoms with Gasteiger partial charge in [-0.2, -0.15) is 0 Å². The molecule has 0 saturated carbocycles. The van der Waals surface area contributed by atoms with Crippen molar-refractivity contribution in [3.05, 3.63) is 30.5 Å². The molecule has 0 aliphatic carbocycles. The van der Waals surface area contributed by atoms with E-state index in [1.54, 1.807) is 7.11 Å². The lowest BCUT2D eigenvalue weighted by Crippen LogP contribution is -2.39. The molecule has 4 nitrogen and oxygen atoms in total. The summed E-state index contributed by atoms with van der Waals surface area (Å²) < 4.78 is 5.37. The van der Waals surface area contributed by atoms with E-state index in [0.717, 1.165) is 42.0 Å². The van der Waals surface area contributed by atoms with Crippen molar-refractivity contribution in [3.63, 3.8) is 0 Å². The summed E-state index contributed by atoms with van der Waals surface area (Å²) in [6, 6.07) is 8.42. The number of methoxy groups -OCH3 is 1. The molecule has 1 heterocycles. The van der Waals surface area contributed by atoms with E-state index < -0.39 is 0 Å². The van der Waals surface area contributed by atoms with Crippen LogP contribution in [-0.4, -0.2) is 42.7 Å². The number of fused-ring (bicyclic) bond motifs is 1. The number of pyridine rings is 1. The lowest BCUT2D eigenvalue weighted by molar-refractivity contribution is 0.214. The third-order valence-electron chi connectivity index (χ3n) is 4.13. The fraction of sp³-hybridized carbons (Fsp3) is 0.571. The van der Waals surface area contributed by atoms with Crippen molar-refractivity contribution in [2.75, 3.05) is 32.1 Å². The van der Waals surface area contributed by atoms with E-state index in [9.17, 15) is 0 Å². The summed E-state index contributed by atoms with van der Waals surface area (Å²) in [5, 5.41) is 4.78. The first-order valence-electron chi connectivity index (χ1n) is 9.30. The molecular formula is C21H33N3O. The minimum atomic E-state index is 0.356. The number of aromatic nitrogens is 1. The number of benzene rings is 1. The van der Waals surface area contributed by atoms with Crippen LogP contribution in [0.25, 0.3) is 10.9 Å². The second-order valence-electron chi connectivity index (χ2n) is 7.79. The normalized spacial score (nSPS) is 13.0. The summed E-state index contributed by atoms with van der Waals surface area (Å²) in [4.78, 5) is 7.02. The molecule has 4 heteroatoms. The fourth-order valence-electron chi connectivity index (χ4n) is 3.33. The van der Waals surface area contributed by atoms with Gasteiger partial charge in [-0.15, -0.1) is 0 Å². The van der Waals surface area contributed by atoms with Gasteiger partial charge in [-0.1, -0.05) is 27.7 Å². The molecule has 0 radical (unpaired) electrons. The molecule has 0 spiro atoms. The minimum absolute atomic E-state index is 0.356. The predicted molar refractivity (Wildman–Crippen MR) is 107 cm³/mol. The number of ether oxygens (including phenoxy) is 1. The number of hydrogen-bond acceptors (Lipinski definition) is 4. The van der Waals surface area contributed by atoms with Crippen LogP contribution >= 0.6 is 0 Å². The molecule has 1 unspecified atom stereocenters. The molecule has 25 heavy (non-hydrogen) atoms. The fourth-order valence-corrected chi connectivity index (χ4v) is 3.33. The van der Waals surface area contributed by atoms with Gasteiger partial charge in [0.05, 0.1) is 12.6 Å². The van der Waals surface area contributed by atoms with Gasteiger partial charge in [0.1, 0.15) is 5.75 Å². The molecule has 0 saturated heterocycles. The smallest absolute Gasteiger partial charge is 0.119 e. The van der Waals surface area contributed by atoms with Crippen LogP contribution in [0.3, 0.4) is 0 Å². The SMILES string of the molecule is COc1ccc2nccc(NC(C)CN(CC(C)C)CC(C)C)c2c1. The molecule has 2 rings (SSSR count). The predicted octanol–water partition coefficient (Wildman–Crippen LogP) is 4.66. The molecule has 0 aliphatic rings. The van der Waals surface area contributed by atoms with Crippen molar-refractivity contribution in [1.82, 2.24) is 9.88 Å². The van der Waals surface area contributed by atoms with Crippen LogP contribution in [0.15, 0.2) is 30.5 Å². The van der Waals surface area contributed by atoms with Crippen molar-refractivity contribution in [2.45, 2.75) is 40.7 Å². The Bertz CT molecular complexity index is 659. The minimum Gasteiger partial charge on any atom is -0.497 e. The van der Waals surface area contributed by atoms with Crippen molar-refractivity contribution in [1.29, 1.82) is 0 Å². The molecule has 2 aromatic rings. The van der Waals surface area contributed by atoms with Gasteiger partial charge in [0.25, 0.3) is 0 Å². The summed E-state index contributed by atoms with van der Waals surface area (Å²) in [7, 11) is 1.70. The standard InChI is InChI=1S/C21H33N3O/c1-15(2)12-24(13-16(3)4)14-17(5)23-21-9-10-22-20-8-7-18(25-6)11-19(20)21/h7-11,15-17H,12-14H2,1-6H3,(H,22,23). The molecule has 138 valence electrons. The summed E-state index contributed by atoms with van der Waals surface area (Å²) in [6.07, 6.45) is 1.86. The van der Waals surface area contributed by atoms with Gasteiger partial charge >= 0.3 is 0 Å². The van der Waals surface area contributed by atoms with Gasteiger partial charge in [-0.05, 0) is 43.0 Å². The van der Waals surface area contributed by atoms with Crippen molar-refractivity contribution >= 4 is 16.6 Å². The van der Waals surface area contributed by atoms with Crippen LogP contribution in [0, 0.1) is 11.8 Å². The molecule has 0 bridgehead atoms. The van der Waals surface area contributed by atoms with Gasteiger partial charge in [-0.3, -0.25) is 4.98 Å². The third kappa shape index (κ3) is 5.89. The van der Waals surface area contributed by atoms with E-state index in [-0.39, 0.29) is 0 Å². The maximum atomic E-state index is 5.37. The third-order valence-corrected chi connectivity index (χ3v) is 4.13. The van der Waals surface area contributed by atoms with Gasteiger partial charge < -0.3 is 15.0 Å². The average Bonchev–Trinajstić information content (AvgIpc) is 2.53. The largest absolute Gasteiger partial charge is 0.497 e. The van der Waals surface area contributed by atoms with Crippen LogP contribution in [0.1, 0.15) is 34.6 Å². The van der Waals surface area contributed by atoms with E-state index >= 15 is 0 Å². The number of hydrogen-bond donors (Lipinski definition) is 1. The molecule has 0 fully saturated rings. The number of anilines is 1. The zero-order valence-electron chi connectivity index (χ0n) is 16.5. The topological polar surface area (TPSA) is 37.4 Å². The van der Waals surface area contributed by atoms with E-state index in [1.165, 1.54) is 0 Å². The summed E-state index contributed by atoms with van der Waals surface area (Å²) >= 11 is 0. The Morgan fingerprint density at radius 2 is 1.68 bits per heavy atom. The zero-order valence-corrected chi connectivity index (χ0v) is 16.5. The average molecular weight is 344 g/mol. The summed E-state index contributed by atoms with van der Waals surface area (Å²) in [6.45, 7) is 14.7. The Labute approximate surface area is 152 Å². The van der Waals surface area contributed by atoms with Gasteiger partial charge in [0.15, 0.2) is 0 Å². The first kappa shape index (κ1) is 19.5. The first-order valence-corrected chi connectivity index (χ1v) is 9.30. The Morgan fingerprint density at radius 3 is 2.28 bits per heavy atom. The maximum Gasteiger partial charge on any atom is 0.119 e. The molecule has 1 N–H and O–H groups in total. The van der Waals surface area contributed by atoms with E-state index in [1.807, 2.05) is 24.4 Å². The molecule has 1 aromatic heterocycles. The summed E-state index contributed by atoms with van der Waals surface area (Å²) in [5.41, 5.74) is 2.10. The maximum absolute atomic E-state index is 5.37. The Morgan fingerprint density at radius 1 is 1.00 bits per heavy atom. The summed E-state index contributed by atoms with van der Waals surface area (Å²) in [5.74, 6) is 2.21. The highest BCUT2D eigenvalue weighted by atomic mass is 16.5. The van der Waals surface area contributed by atoms with Gasteiger partial charge in [0, 0.05) is 42.9 Å².